The van der Waals surface area contributed by atoms with Crippen molar-refractivity contribution < 1.29 is 9.47 Å². The van der Waals surface area contributed by atoms with Crippen LogP contribution in [0.25, 0.3) is 0 Å². The second-order valence-electron chi connectivity index (χ2n) is 6.50. The highest BCUT2D eigenvalue weighted by molar-refractivity contribution is 6.30. The van der Waals surface area contributed by atoms with Crippen LogP contribution in [-0.4, -0.2) is 72.6 Å². The van der Waals surface area contributed by atoms with Crippen LogP contribution in [0.5, 0.6) is 5.75 Å². The molecule has 29 heavy (non-hydrogen) atoms. The predicted molar refractivity (Wildman–Crippen MR) is 116 cm³/mol. The molecule has 0 radical (unpaired) electrons. The fourth-order valence-electron chi connectivity index (χ4n) is 2.67. The molecule has 9 heteroatoms. The van der Waals surface area contributed by atoms with E-state index in [2.05, 4.69) is 31.9 Å². The van der Waals surface area contributed by atoms with Gasteiger partial charge in [-0.2, -0.15) is 0 Å². The zero-order valence-electron chi connectivity index (χ0n) is 17.5. The maximum absolute atomic E-state index is 5.91. The minimum Gasteiger partial charge on any atom is -0.492 e. The summed E-state index contributed by atoms with van der Waals surface area (Å²) >= 11 is 5.91. The molecule has 0 atom stereocenters. The molecule has 0 saturated carbocycles. The van der Waals surface area contributed by atoms with Gasteiger partial charge in [0.05, 0.1) is 6.54 Å². The first-order valence-electron chi connectivity index (χ1n) is 9.87. The molecule has 2 rings (SSSR count). The van der Waals surface area contributed by atoms with Crippen molar-refractivity contribution in [1.29, 1.82) is 0 Å². The minimum atomic E-state index is 0.544. The molecule has 160 valence electrons. The fourth-order valence-corrected chi connectivity index (χ4v) is 2.80. The molecule has 1 heterocycles. The quantitative estimate of drug-likeness (QED) is 0.321. The van der Waals surface area contributed by atoms with Gasteiger partial charge in [0.15, 0.2) is 5.96 Å². The van der Waals surface area contributed by atoms with Gasteiger partial charge >= 0.3 is 0 Å². The van der Waals surface area contributed by atoms with Crippen LogP contribution < -0.4 is 10.1 Å². The van der Waals surface area contributed by atoms with Crippen molar-refractivity contribution in [2.45, 2.75) is 26.3 Å². The molecule has 0 bridgehead atoms. The molecule has 0 fully saturated rings. The Labute approximate surface area is 177 Å². The Kier molecular flexibility index (Phi) is 10.3. The molecule has 1 aromatic carbocycles. The predicted octanol–water partition coefficient (Wildman–Crippen LogP) is 2.49. The number of ether oxygens (including phenoxy) is 2. The van der Waals surface area contributed by atoms with Crippen LogP contribution in [0.4, 0.5) is 0 Å². The highest BCUT2D eigenvalue weighted by Crippen LogP contribution is 2.15. The van der Waals surface area contributed by atoms with E-state index in [1.807, 2.05) is 31.3 Å². The van der Waals surface area contributed by atoms with E-state index >= 15 is 0 Å². The molecular formula is C20H31ClN6O2. The Morgan fingerprint density at radius 2 is 2.07 bits per heavy atom. The molecule has 0 saturated heterocycles. The number of nitrogens with one attached hydrogen (secondary N) is 1. The van der Waals surface area contributed by atoms with Gasteiger partial charge in [0.2, 0.25) is 0 Å². The van der Waals surface area contributed by atoms with Crippen LogP contribution in [0.1, 0.15) is 19.2 Å². The number of benzene rings is 1. The first-order chi connectivity index (χ1) is 14.1. The Hall–Kier alpha value is -2.32. The number of nitrogens with zero attached hydrogens (tertiary/aromatic N) is 5. The normalized spacial score (nSPS) is 11.5. The van der Waals surface area contributed by atoms with Gasteiger partial charge in [-0.3, -0.25) is 4.99 Å². The number of aromatic nitrogens is 3. The van der Waals surface area contributed by atoms with Crippen molar-refractivity contribution in [3.63, 3.8) is 0 Å². The lowest BCUT2D eigenvalue weighted by molar-refractivity contribution is 0.197. The first-order valence-corrected chi connectivity index (χ1v) is 10.2. The molecule has 0 aliphatic heterocycles. The summed E-state index contributed by atoms with van der Waals surface area (Å²) < 4.78 is 13.0. The third kappa shape index (κ3) is 8.29. The number of hydrogen-bond donors (Lipinski definition) is 1. The topological polar surface area (TPSA) is 76.8 Å². The van der Waals surface area contributed by atoms with Crippen LogP contribution in [0.15, 0.2) is 35.6 Å². The Morgan fingerprint density at radius 3 is 2.79 bits per heavy atom. The number of likely N-dealkylation sites (N-methyl/N-ethyl adjacent to an activating group) is 1. The van der Waals surface area contributed by atoms with E-state index in [1.54, 1.807) is 13.4 Å². The highest BCUT2D eigenvalue weighted by Gasteiger charge is 2.08. The summed E-state index contributed by atoms with van der Waals surface area (Å²) in [5, 5.41) is 12.2. The van der Waals surface area contributed by atoms with E-state index in [9.17, 15) is 0 Å². The van der Waals surface area contributed by atoms with Gasteiger partial charge in [-0.15, -0.1) is 10.2 Å². The molecule has 1 aromatic heterocycles. The minimum absolute atomic E-state index is 0.544. The van der Waals surface area contributed by atoms with Crippen LogP contribution in [0.3, 0.4) is 0 Å². The highest BCUT2D eigenvalue weighted by atomic mass is 35.5. The SMILES string of the molecule is CCc1nncn1CCNC(=NCCCOC)N(C)CCOc1ccc(Cl)cc1. The summed E-state index contributed by atoms with van der Waals surface area (Å²) in [5.74, 6) is 2.62. The summed E-state index contributed by atoms with van der Waals surface area (Å²) in [5.41, 5.74) is 0. The van der Waals surface area contributed by atoms with E-state index in [1.165, 1.54) is 0 Å². The zero-order valence-corrected chi connectivity index (χ0v) is 18.2. The van der Waals surface area contributed by atoms with E-state index in [4.69, 9.17) is 26.1 Å². The van der Waals surface area contributed by atoms with Crippen LogP contribution in [0.2, 0.25) is 5.02 Å². The number of halogens is 1. The monoisotopic (exact) mass is 422 g/mol. The molecule has 0 spiro atoms. The second-order valence-corrected chi connectivity index (χ2v) is 6.93. The molecule has 0 unspecified atom stereocenters. The van der Waals surface area contributed by atoms with Crippen LogP contribution in [-0.2, 0) is 17.7 Å². The lowest BCUT2D eigenvalue weighted by Crippen LogP contribution is -2.42. The van der Waals surface area contributed by atoms with Crippen LogP contribution in [0, 0.1) is 0 Å². The maximum Gasteiger partial charge on any atom is 0.193 e. The van der Waals surface area contributed by atoms with Crippen molar-refractivity contribution in [3.8, 4) is 5.75 Å². The standard InChI is InChI=1S/C20H31ClN6O2/c1-4-19-25-24-16-27(19)12-11-23-20(22-10-5-14-28-3)26(2)13-15-29-18-8-6-17(21)7-9-18/h6-9,16H,4-5,10-15H2,1-3H3,(H,22,23). The number of rotatable bonds is 12. The summed E-state index contributed by atoms with van der Waals surface area (Å²) in [4.78, 5) is 6.76. The van der Waals surface area contributed by atoms with Crippen molar-refractivity contribution >= 4 is 17.6 Å². The lowest BCUT2D eigenvalue weighted by Gasteiger charge is -2.23. The molecule has 0 aliphatic rings. The maximum atomic E-state index is 5.91. The average Bonchev–Trinajstić information content (AvgIpc) is 3.18. The third-order valence-corrected chi connectivity index (χ3v) is 4.54. The zero-order chi connectivity index (χ0) is 20.9. The average molecular weight is 423 g/mol. The van der Waals surface area contributed by atoms with Crippen LogP contribution >= 0.6 is 11.6 Å². The van der Waals surface area contributed by atoms with E-state index in [0.29, 0.717) is 31.3 Å². The summed E-state index contributed by atoms with van der Waals surface area (Å²) in [7, 11) is 3.71. The number of aliphatic imine (C=N–C) groups is 1. The lowest BCUT2D eigenvalue weighted by atomic mass is 10.3. The summed E-state index contributed by atoms with van der Waals surface area (Å²) in [6.45, 7) is 6.23. The molecule has 0 amide bonds. The smallest absolute Gasteiger partial charge is 0.193 e. The van der Waals surface area contributed by atoms with Gasteiger partial charge < -0.3 is 24.3 Å². The second kappa shape index (κ2) is 13.0. The van der Waals surface area contributed by atoms with Gasteiger partial charge in [-0.05, 0) is 30.7 Å². The summed E-state index contributed by atoms with van der Waals surface area (Å²) in [6.07, 6.45) is 3.50. The van der Waals surface area contributed by atoms with Crippen molar-refractivity contribution in [3.05, 3.63) is 41.4 Å². The molecule has 2 aromatic rings. The summed E-state index contributed by atoms with van der Waals surface area (Å²) in [6, 6.07) is 7.37. The van der Waals surface area contributed by atoms with Crippen molar-refractivity contribution in [1.82, 2.24) is 25.0 Å². The van der Waals surface area contributed by atoms with E-state index < -0.39 is 0 Å². The number of aryl methyl sites for hydroxylation is 1. The molecule has 8 nitrogen and oxygen atoms in total. The van der Waals surface area contributed by atoms with Gasteiger partial charge in [-0.1, -0.05) is 18.5 Å². The van der Waals surface area contributed by atoms with E-state index in [0.717, 1.165) is 43.5 Å². The number of hydrogen-bond acceptors (Lipinski definition) is 5. The first kappa shape index (κ1) is 23.0. The van der Waals surface area contributed by atoms with Gasteiger partial charge in [0, 0.05) is 51.8 Å². The van der Waals surface area contributed by atoms with Crippen molar-refractivity contribution in [2.24, 2.45) is 4.99 Å². The Morgan fingerprint density at radius 1 is 1.28 bits per heavy atom. The largest absolute Gasteiger partial charge is 0.492 e. The number of guanidine groups is 1. The van der Waals surface area contributed by atoms with E-state index in [-0.39, 0.29) is 0 Å². The number of methoxy groups -OCH3 is 1. The van der Waals surface area contributed by atoms with Gasteiger partial charge in [0.25, 0.3) is 0 Å². The Bertz CT molecular complexity index is 735. The van der Waals surface area contributed by atoms with Gasteiger partial charge in [0.1, 0.15) is 24.5 Å². The molecule has 1 N–H and O–H groups in total. The Balaban J connectivity index is 1.84. The molecular weight excluding hydrogens is 392 g/mol. The van der Waals surface area contributed by atoms with Crippen molar-refractivity contribution in [2.75, 3.05) is 47.0 Å². The van der Waals surface area contributed by atoms with Gasteiger partial charge in [-0.25, -0.2) is 0 Å². The molecule has 0 aliphatic carbocycles. The fraction of sp³-hybridized carbons (Fsp3) is 0.550. The third-order valence-electron chi connectivity index (χ3n) is 4.29.